The molecule has 0 atom stereocenters. The van der Waals surface area contributed by atoms with Crippen LogP contribution >= 0.6 is 27.5 Å². The van der Waals surface area contributed by atoms with E-state index in [2.05, 4.69) is 30.9 Å². The third-order valence-electron chi connectivity index (χ3n) is 4.99. The first-order valence-corrected chi connectivity index (χ1v) is 12.8. The second-order valence-corrected chi connectivity index (χ2v) is 10.4. The Kier molecular flexibility index (Phi) is 6.33. The number of hydrogen-bond acceptors (Lipinski definition) is 6. The van der Waals surface area contributed by atoms with Gasteiger partial charge in [0, 0.05) is 47.5 Å². The van der Waals surface area contributed by atoms with Crippen LogP contribution in [0.15, 0.2) is 82.7 Å². The Bertz CT molecular complexity index is 1720. The highest BCUT2D eigenvalue weighted by Gasteiger charge is 2.24. The fraction of sp³-hybridized carbons (Fsp3) is 0. The first-order valence-electron chi connectivity index (χ1n) is 10.1. The van der Waals surface area contributed by atoms with Crippen LogP contribution in [0.5, 0.6) is 11.5 Å². The SMILES string of the molecule is O=S(=O)(Nc1ncc(Br)cn1)c1cc(F)c(Oc2ccc(Cl)cc2-c2cccc3nccn23)cc1F. The van der Waals surface area contributed by atoms with Gasteiger partial charge in [-0.1, -0.05) is 17.7 Å². The van der Waals surface area contributed by atoms with Crippen molar-refractivity contribution in [2.45, 2.75) is 4.90 Å². The number of hydrogen-bond donors (Lipinski definition) is 1. The van der Waals surface area contributed by atoms with Gasteiger partial charge in [-0.25, -0.2) is 36.9 Å². The Hall–Kier alpha value is -3.61. The van der Waals surface area contributed by atoms with Crippen molar-refractivity contribution in [3.8, 4) is 22.8 Å². The fourth-order valence-electron chi connectivity index (χ4n) is 3.41. The number of nitrogens with zero attached hydrogens (tertiary/aromatic N) is 4. The Balaban J connectivity index is 1.51. The maximum atomic E-state index is 15.0. The number of rotatable bonds is 6. The number of sulfonamides is 1. The minimum absolute atomic E-state index is 0.163. The molecule has 0 spiro atoms. The Morgan fingerprint density at radius 3 is 2.53 bits per heavy atom. The van der Waals surface area contributed by atoms with Crippen molar-refractivity contribution in [3.05, 3.63) is 94.4 Å². The first kappa shape index (κ1) is 24.1. The van der Waals surface area contributed by atoms with Crippen molar-refractivity contribution in [3.63, 3.8) is 0 Å². The summed E-state index contributed by atoms with van der Waals surface area (Å²) >= 11 is 9.32. The zero-order valence-corrected chi connectivity index (χ0v) is 21.0. The smallest absolute Gasteiger partial charge is 0.267 e. The zero-order chi connectivity index (χ0) is 25.4. The first-order chi connectivity index (χ1) is 17.2. The van der Waals surface area contributed by atoms with Crippen LogP contribution in [0.3, 0.4) is 0 Å². The molecule has 0 aliphatic carbocycles. The lowest BCUT2D eigenvalue weighted by atomic mass is 10.1. The third-order valence-corrected chi connectivity index (χ3v) is 6.98. The molecule has 2 aromatic carbocycles. The average Bonchev–Trinajstić information content (AvgIpc) is 3.33. The molecule has 3 aromatic heterocycles. The molecule has 0 aliphatic rings. The number of fused-ring (bicyclic) bond motifs is 1. The molecule has 0 radical (unpaired) electrons. The molecule has 0 amide bonds. The van der Waals surface area contributed by atoms with Gasteiger partial charge in [0.2, 0.25) is 5.95 Å². The minimum atomic E-state index is -4.53. The highest BCUT2D eigenvalue weighted by molar-refractivity contribution is 9.10. The summed E-state index contributed by atoms with van der Waals surface area (Å²) in [5.74, 6) is -3.00. The van der Waals surface area contributed by atoms with Gasteiger partial charge in [-0.2, -0.15) is 0 Å². The van der Waals surface area contributed by atoms with E-state index in [0.29, 0.717) is 38.5 Å². The normalized spacial score (nSPS) is 11.6. The number of nitrogens with one attached hydrogen (secondary N) is 1. The molecule has 0 aliphatic heterocycles. The van der Waals surface area contributed by atoms with E-state index in [4.69, 9.17) is 16.3 Å². The van der Waals surface area contributed by atoms with Crippen molar-refractivity contribution in [2.75, 3.05) is 4.72 Å². The van der Waals surface area contributed by atoms with Gasteiger partial charge in [-0.3, -0.25) is 4.40 Å². The van der Waals surface area contributed by atoms with Crippen molar-refractivity contribution in [1.82, 2.24) is 19.4 Å². The molecule has 0 saturated carbocycles. The van der Waals surface area contributed by atoms with E-state index in [-0.39, 0.29) is 11.7 Å². The molecule has 1 N–H and O–H groups in total. The number of imidazole rings is 1. The monoisotopic (exact) mass is 591 g/mol. The van der Waals surface area contributed by atoms with Gasteiger partial charge in [0.15, 0.2) is 11.6 Å². The molecular weight excluding hydrogens is 580 g/mol. The Morgan fingerprint density at radius 2 is 1.75 bits per heavy atom. The minimum Gasteiger partial charge on any atom is -0.453 e. The summed E-state index contributed by atoms with van der Waals surface area (Å²) in [6.07, 6.45) is 5.95. The van der Waals surface area contributed by atoms with Gasteiger partial charge < -0.3 is 4.74 Å². The molecule has 5 rings (SSSR count). The van der Waals surface area contributed by atoms with Crippen LogP contribution in [0, 0.1) is 11.6 Å². The molecular formula is C23H13BrClF2N5O3S. The summed E-state index contributed by atoms with van der Waals surface area (Å²) in [6.45, 7) is 0. The standard InChI is InChI=1S/C23H13BrClF2N5O3S/c24-13-11-29-23(30-12-13)31-36(33,34)21-10-16(26)20(9-17(21)27)35-19-5-4-14(25)8-15(19)18-2-1-3-22-28-6-7-32(18)22/h1-12H,(H,29,30,31). The van der Waals surface area contributed by atoms with Gasteiger partial charge in [-0.05, 0) is 46.3 Å². The fourth-order valence-corrected chi connectivity index (χ4v) is 4.82. The summed E-state index contributed by atoms with van der Waals surface area (Å²) < 4.78 is 65.2. The molecule has 8 nitrogen and oxygen atoms in total. The molecule has 0 unspecified atom stereocenters. The largest absolute Gasteiger partial charge is 0.453 e. The second-order valence-electron chi connectivity index (χ2n) is 7.35. The van der Waals surface area contributed by atoms with Gasteiger partial charge in [0.05, 0.1) is 10.2 Å². The molecule has 5 aromatic rings. The lowest BCUT2D eigenvalue weighted by molar-refractivity contribution is 0.433. The van der Waals surface area contributed by atoms with Gasteiger partial charge >= 0.3 is 0 Å². The van der Waals surface area contributed by atoms with Crippen LogP contribution in [0.1, 0.15) is 0 Å². The lowest BCUT2D eigenvalue weighted by Crippen LogP contribution is -2.17. The van der Waals surface area contributed by atoms with E-state index in [1.807, 2.05) is 4.72 Å². The Labute approximate surface area is 216 Å². The number of benzene rings is 2. The average molecular weight is 593 g/mol. The van der Waals surface area contributed by atoms with E-state index in [1.165, 1.54) is 24.5 Å². The summed E-state index contributed by atoms with van der Waals surface area (Å²) in [6, 6.07) is 11.2. The van der Waals surface area contributed by atoms with Crippen LogP contribution < -0.4 is 9.46 Å². The molecule has 13 heteroatoms. The van der Waals surface area contributed by atoms with E-state index >= 15 is 0 Å². The predicted molar refractivity (Wildman–Crippen MR) is 133 cm³/mol. The van der Waals surface area contributed by atoms with E-state index in [9.17, 15) is 17.2 Å². The predicted octanol–water partition coefficient (Wildman–Crippen LogP) is 6.08. The zero-order valence-electron chi connectivity index (χ0n) is 17.9. The van der Waals surface area contributed by atoms with Crippen LogP contribution in [0.4, 0.5) is 14.7 Å². The van der Waals surface area contributed by atoms with Crippen LogP contribution in [0.25, 0.3) is 16.9 Å². The summed E-state index contributed by atoms with van der Waals surface area (Å²) in [5, 5.41) is 0.392. The third kappa shape index (κ3) is 4.74. The molecule has 0 bridgehead atoms. The number of aromatic nitrogens is 4. The van der Waals surface area contributed by atoms with Crippen molar-refractivity contribution >= 4 is 49.1 Å². The Morgan fingerprint density at radius 1 is 0.972 bits per heavy atom. The summed E-state index contributed by atoms with van der Waals surface area (Å²) in [4.78, 5) is 10.8. The lowest BCUT2D eigenvalue weighted by Gasteiger charge is -2.15. The van der Waals surface area contributed by atoms with Crippen LogP contribution in [0.2, 0.25) is 5.02 Å². The second kappa shape index (κ2) is 9.45. The molecule has 3 heterocycles. The highest BCUT2D eigenvalue weighted by Crippen LogP contribution is 2.37. The molecule has 0 fully saturated rings. The van der Waals surface area contributed by atoms with Crippen LogP contribution in [-0.2, 0) is 10.0 Å². The topological polar surface area (TPSA) is 98.5 Å². The van der Waals surface area contributed by atoms with Gasteiger partial charge in [0.1, 0.15) is 22.1 Å². The van der Waals surface area contributed by atoms with Crippen molar-refractivity contribution in [1.29, 1.82) is 0 Å². The number of halogens is 4. The van der Waals surface area contributed by atoms with Crippen LogP contribution in [-0.4, -0.2) is 27.8 Å². The molecule has 0 saturated heterocycles. The van der Waals surface area contributed by atoms with Gasteiger partial charge in [0.25, 0.3) is 10.0 Å². The number of anilines is 1. The van der Waals surface area contributed by atoms with E-state index < -0.39 is 32.3 Å². The van der Waals surface area contributed by atoms with Crippen molar-refractivity contribution in [2.24, 2.45) is 0 Å². The van der Waals surface area contributed by atoms with E-state index in [0.717, 1.165) is 0 Å². The van der Waals surface area contributed by atoms with Crippen molar-refractivity contribution < 1.29 is 21.9 Å². The maximum Gasteiger partial charge on any atom is 0.267 e. The van der Waals surface area contributed by atoms with Gasteiger partial charge in [-0.15, -0.1) is 0 Å². The molecule has 36 heavy (non-hydrogen) atoms. The van der Waals surface area contributed by atoms with E-state index in [1.54, 1.807) is 41.1 Å². The quantitative estimate of drug-likeness (QED) is 0.257. The number of pyridine rings is 1. The summed E-state index contributed by atoms with van der Waals surface area (Å²) in [7, 11) is -4.53. The summed E-state index contributed by atoms with van der Waals surface area (Å²) in [5.41, 5.74) is 1.78. The molecule has 182 valence electrons. The highest BCUT2D eigenvalue weighted by atomic mass is 79.9. The number of ether oxygens (including phenoxy) is 1. The maximum absolute atomic E-state index is 15.0.